The lowest BCUT2D eigenvalue weighted by molar-refractivity contribution is 0.253. The van der Waals surface area contributed by atoms with Crippen LogP contribution < -0.4 is 33.2 Å². The first kappa shape index (κ1) is 12.7. The number of nitrogens with two attached hydrogens (primary N) is 4. The van der Waals surface area contributed by atoms with Gasteiger partial charge in [-0.25, -0.2) is 36.3 Å². The number of urea groups is 2. The van der Waals surface area contributed by atoms with E-state index >= 15 is 0 Å². The summed E-state index contributed by atoms with van der Waals surface area (Å²) in [7, 11) is 0. The summed E-state index contributed by atoms with van der Waals surface area (Å²) < 4.78 is 0. The third kappa shape index (κ3) is 2.80. The van der Waals surface area contributed by atoms with E-state index in [2.05, 4.69) is 4.98 Å². The van der Waals surface area contributed by atoms with Crippen molar-refractivity contribution in [3.05, 3.63) is 17.7 Å². The van der Waals surface area contributed by atoms with E-state index in [1.54, 1.807) is 6.92 Å². The van der Waals surface area contributed by atoms with Crippen molar-refractivity contribution in [2.75, 3.05) is 10.0 Å². The number of amides is 4. The minimum absolute atomic E-state index is 0.0594. The molecule has 0 unspecified atom stereocenters. The maximum absolute atomic E-state index is 10.9. The molecule has 1 rings (SSSR count). The number of aryl methyl sites for hydroxylation is 1. The zero-order valence-electron chi connectivity index (χ0n) is 9.12. The van der Waals surface area contributed by atoms with Crippen LogP contribution in [0.25, 0.3) is 0 Å². The second kappa shape index (κ2) is 4.63. The van der Waals surface area contributed by atoms with E-state index in [1.165, 1.54) is 12.1 Å². The minimum Gasteiger partial charge on any atom is -0.350 e. The van der Waals surface area contributed by atoms with Gasteiger partial charge in [0.15, 0.2) is 11.6 Å². The summed E-state index contributed by atoms with van der Waals surface area (Å²) >= 11 is 0. The zero-order valence-corrected chi connectivity index (χ0v) is 9.12. The quantitative estimate of drug-likeness (QED) is 0.293. The molecule has 0 aliphatic carbocycles. The van der Waals surface area contributed by atoms with Crippen LogP contribution in [-0.4, -0.2) is 17.0 Å². The number of hydrogen-bond acceptors (Lipinski definition) is 5. The van der Waals surface area contributed by atoms with Crippen LogP contribution in [-0.2, 0) is 0 Å². The standard InChI is InChI=1S/C8H13N7O2/c1-4-2-5(14(11)7(9)16)13-6(3-4)15(12)8(10)17/h2-3H,11-12H2,1H3,(H2,9,16)(H2,10,17). The maximum atomic E-state index is 10.9. The third-order valence-electron chi connectivity index (χ3n) is 1.91. The fourth-order valence-electron chi connectivity index (χ4n) is 1.10. The van der Waals surface area contributed by atoms with Gasteiger partial charge in [0.25, 0.3) is 0 Å². The minimum atomic E-state index is -0.892. The molecule has 0 aromatic carbocycles. The van der Waals surface area contributed by atoms with E-state index < -0.39 is 12.1 Å². The topological polar surface area (TPSA) is 158 Å². The van der Waals surface area contributed by atoms with Crippen molar-refractivity contribution in [1.29, 1.82) is 0 Å². The van der Waals surface area contributed by atoms with E-state index in [0.717, 1.165) is 0 Å². The molecule has 1 heterocycles. The van der Waals surface area contributed by atoms with Crippen LogP contribution >= 0.6 is 0 Å². The highest BCUT2D eigenvalue weighted by atomic mass is 16.2. The average Bonchev–Trinajstić information content (AvgIpc) is 2.25. The normalized spacial score (nSPS) is 9.82. The van der Waals surface area contributed by atoms with Crippen LogP contribution in [0.2, 0.25) is 0 Å². The number of primary amides is 2. The highest BCUT2D eigenvalue weighted by molar-refractivity contribution is 5.90. The van der Waals surface area contributed by atoms with Crippen LogP contribution in [0.1, 0.15) is 5.56 Å². The van der Waals surface area contributed by atoms with Gasteiger partial charge >= 0.3 is 12.1 Å². The van der Waals surface area contributed by atoms with Gasteiger partial charge < -0.3 is 11.5 Å². The van der Waals surface area contributed by atoms with Gasteiger partial charge in [-0.2, -0.15) is 0 Å². The van der Waals surface area contributed by atoms with E-state index in [1.807, 2.05) is 0 Å². The van der Waals surface area contributed by atoms with E-state index in [-0.39, 0.29) is 11.6 Å². The van der Waals surface area contributed by atoms with Crippen LogP contribution in [0, 0.1) is 6.92 Å². The Labute approximate surface area is 96.9 Å². The molecule has 9 heteroatoms. The van der Waals surface area contributed by atoms with Crippen molar-refractivity contribution < 1.29 is 9.59 Å². The van der Waals surface area contributed by atoms with Gasteiger partial charge in [0.2, 0.25) is 0 Å². The molecule has 0 fully saturated rings. The Kier molecular flexibility index (Phi) is 3.46. The highest BCUT2D eigenvalue weighted by Gasteiger charge is 2.14. The molecule has 1 aromatic heterocycles. The highest BCUT2D eigenvalue weighted by Crippen LogP contribution is 2.17. The lowest BCUT2D eigenvalue weighted by Crippen LogP contribution is -2.44. The number of anilines is 2. The summed E-state index contributed by atoms with van der Waals surface area (Å²) in [6, 6.07) is 1.22. The molecule has 0 radical (unpaired) electrons. The van der Waals surface area contributed by atoms with Crippen molar-refractivity contribution in [1.82, 2.24) is 4.98 Å². The van der Waals surface area contributed by atoms with Gasteiger partial charge in [-0.3, -0.25) is 0 Å². The molecular formula is C8H13N7O2. The van der Waals surface area contributed by atoms with E-state index in [9.17, 15) is 9.59 Å². The number of carbonyl (C=O) groups is 2. The number of aromatic nitrogens is 1. The molecular weight excluding hydrogens is 226 g/mol. The molecule has 92 valence electrons. The summed E-state index contributed by atoms with van der Waals surface area (Å²) in [5.41, 5.74) is 10.7. The number of hydrazine groups is 2. The first-order valence-corrected chi connectivity index (χ1v) is 4.50. The summed E-state index contributed by atoms with van der Waals surface area (Å²) in [4.78, 5) is 25.6. The molecule has 0 saturated carbocycles. The van der Waals surface area contributed by atoms with Crippen molar-refractivity contribution in [2.45, 2.75) is 6.92 Å². The van der Waals surface area contributed by atoms with Gasteiger partial charge in [-0.15, -0.1) is 0 Å². The Hall–Kier alpha value is -2.39. The molecule has 0 bridgehead atoms. The summed E-state index contributed by atoms with van der Waals surface area (Å²) in [6.45, 7) is 1.71. The lowest BCUT2D eigenvalue weighted by atomic mass is 10.3. The number of pyridine rings is 1. The van der Waals surface area contributed by atoms with E-state index in [4.69, 9.17) is 23.2 Å². The van der Waals surface area contributed by atoms with Crippen LogP contribution in [0.4, 0.5) is 21.2 Å². The summed E-state index contributed by atoms with van der Waals surface area (Å²) in [5.74, 6) is 10.9. The average molecular weight is 239 g/mol. The van der Waals surface area contributed by atoms with E-state index in [0.29, 0.717) is 15.6 Å². The van der Waals surface area contributed by atoms with Gasteiger partial charge in [0.05, 0.1) is 0 Å². The predicted octanol–water partition coefficient (Wildman–Crippen LogP) is -1.09. The molecule has 9 nitrogen and oxygen atoms in total. The fourth-order valence-corrected chi connectivity index (χ4v) is 1.10. The lowest BCUT2D eigenvalue weighted by Gasteiger charge is -2.17. The second-order valence-corrected chi connectivity index (χ2v) is 3.28. The van der Waals surface area contributed by atoms with Gasteiger partial charge in [-0.05, 0) is 24.6 Å². The van der Waals surface area contributed by atoms with Crippen molar-refractivity contribution >= 4 is 23.7 Å². The summed E-state index contributed by atoms with van der Waals surface area (Å²) in [6.07, 6.45) is 0. The Bertz CT molecular complexity index is 423. The smallest absolute Gasteiger partial charge is 0.335 e. The van der Waals surface area contributed by atoms with Crippen LogP contribution in [0.3, 0.4) is 0 Å². The van der Waals surface area contributed by atoms with Crippen LogP contribution in [0.5, 0.6) is 0 Å². The Morgan fingerprint density at radius 2 is 1.41 bits per heavy atom. The molecule has 0 saturated heterocycles. The predicted molar refractivity (Wildman–Crippen MR) is 61.5 cm³/mol. The number of carbonyl (C=O) groups excluding carboxylic acids is 2. The monoisotopic (exact) mass is 239 g/mol. The molecule has 8 N–H and O–H groups in total. The third-order valence-corrected chi connectivity index (χ3v) is 1.91. The largest absolute Gasteiger partial charge is 0.350 e. The molecule has 17 heavy (non-hydrogen) atoms. The summed E-state index contributed by atoms with van der Waals surface area (Å²) in [5, 5.41) is 1.26. The molecule has 0 spiro atoms. The van der Waals surface area contributed by atoms with Crippen LogP contribution in [0.15, 0.2) is 12.1 Å². The van der Waals surface area contributed by atoms with Crippen molar-refractivity contribution in [3.8, 4) is 0 Å². The fraction of sp³-hybridized carbons (Fsp3) is 0.125. The Morgan fingerprint density at radius 3 is 1.71 bits per heavy atom. The van der Waals surface area contributed by atoms with Crippen molar-refractivity contribution in [2.24, 2.45) is 23.2 Å². The number of nitrogens with zero attached hydrogens (tertiary/aromatic N) is 3. The first-order chi connectivity index (χ1) is 7.82. The van der Waals surface area contributed by atoms with Crippen molar-refractivity contribution in [3.63, 3.8) is 0 Å². The second-order valence-electron chi connectivity index (χ2n) is 3.28. The zero-order chi connectivity index (χ0) is 13.2. The SMILES string of the molecule is Cc1cc(N(N)C(N)=O)nc(N(N)C(N)=O)c1. The van der Waals surface area contributed by atoms with Gasteiger partial charge in [0.1, 0.15) is 0 Å². The number of rotatable bonds is 2. The Morgan fingerprint density at radius 1 is 1.06 bits per heavy atom. The molecule has 0 atom stereocenters. The van der Waals surface area contributed by atoms with Gasteiger partial charge in [-0.1, -0.05) is 0 Å². The van der Waals surface area contributed by atoms with Gasteiger partial charge in [0, 0.05) is 0 Å². The molecule has 4 amide bonds. The Balaban J connectivity index is 3.19. The first-order valence-electron chi connectivity index (χ1n) is 4.50. The molecule has 0 aliphatic rings. The molecule has 0 aliphatic heterocycles. The molecule has 1 aromatic rings. The number of hydrogen-bond donors (Lipinski definition) is 4. The maximum Gasteiger partial charge on any atom is 0.335 e.